The molecule has 88 valence electrons. The summed E-state index contributed by atoms with van der Waals surface area (Å²) in [4.78, 5) is 4.23. The number of nitrogens with zero attached hydrogens (tertiary/aromatic N) is 1. The molecule has 0 amide bonds. The van der Waals surface area contributed by atoms with Gasteiger partial charge in [0, 0.05) is 12.2 Å². The summed E-state index contributed by atoms with van der Waals surface area (Å²) in [6.45, 7) is 0. The van der Waals surface area contributed by atoms with Gasteiger partial charge in [-0.3, -0.25) is 4.98 Å². The van der Waals surface area contributed by atoms with Crippen molar-refractivity contribution in [1.82, 2.24) is 4.98 Å². The molecular formula is C14H15ClN2. The Hall–Kier alpha value is -1.38. The van der Waals surface area contributed by atoms with Gasteiger partial charge in [-0.15, -0.1) is 0 Å². The smallest absolute Gasteiger partial charge is 0.0589 e. The van der Waals surface area contributed by atoms with Crippen molar-refractivity contribution >= 4 is 11.6 Å². The van der Waals surface area contributed by atoms with E-state index < -0.39 is 0 Å². The Bertz CT molecular complexity index is 453. The molecule has 0 radical (unpaired) electrons. The molecule has 0 aliphatic carbocycles. The summed E-state index contributed by atoms with van der Waals surface area (Å²) in [6, 6.07) is 14.0. The largest absolute Gasteiger partial charge is 0.323 e. The van der Waals surface area contributed by atoms with E-state index in [4.69, 9.17) is 17.3 Å². The van der Waals surface area contributed by atoms with Crippen molar-refractivity contribution in [3.63, 3.8) is 0 Å². The third-order valence-electron chi connectivity index (χ3n) is 2.72. The van der Waals surface area contributed by atoms with E-state index in [1.165, 1.54) is 5.56 Å². The van der Waals surface area contributed by atoms with Gasteiger partial charge in [-0.05, 0) is 30.5 Å². The molecule has 2 nitrogen and oxygen atoms in total. The molecule has 2 N–H and O–H groups in total. The van der Waals surface area contributed by atoms with Crippen LogP contribution in [0.4, 0.5) is 0 Å². The number of aromatic nitrogens is 1. The Morgan fingerprint density at radius 2 is 1.88 bits per heavy atom. The standard InChI is InChI=1S/C14H15ClN2/c15-12-7-9-14(17-10-12)13(16)8-6-11-4-2-1-3-5-11/h1-5,7,9-10,13H,6,8,16H2. The maximum atomic E-state index is 6.09. The molecule has 0 bridgehead atoms. The average Bonchev–Trinajstić information content (AvgIpc) is 2.38. The van der Waals surface area contributed by atoms with Crippen molar-refractivity contribution in [1.29, 1.82) is 0 Å². The molecule has 2 aromatic rings. The van der Waals surface area contributed by atoms with Gasteiger partial charge in [-0.1, -0.05) is 41.9 Å². The van der Waals surface area contributed by atoms with Crippen LogP contribution in [0.3, 0.4) is 0 Å². The van der Waals surface area contributed by atoms with Crippen molar-refractivity contribution in [3.8, 4) is 0 Å². The van der Waals surface area contributed by atoms with Gasteiger partial charge in [0.25, 0.3) is 0 Å². The van der Waals surface area contributed by atoms with Crippen LogP contribution in [0.25, 0.3) is 0 Å². The first-order chi connectivity index (χ1) is 8.25. The molecule has 0 aliphatic rings. The van der Waals surface area contributed by atoms with Gasteiger partial charge >= 0.3 is 0 Å². The van der Waals surface area contributed by atoms with E-state index in [9.17, 15) is 0 Å². The van der Waals surface area contributed by atoms with E-state index in [-0.39, 0.29) is 6.04 Å². The number of nitrogens with two attached hydrogens (primary N) is 1. The van der Waals surface area contributed by atoms with Crippen molar-refractivity contribution in [2.45, 2.75) is 18.9 Å². The Labute approximate surface area is 106 Å². The number of hydrogen-bond acceptors (Lipinski definition) is 2. The van der Waals surface area contributed by atoms with E-state index in [0.717, 1.165) is 18.5 Å². The van der Waals surface area contributed by atoms with Crippen LogP contribution in [0, 0.1) is 0 Å². The van der Waals surface area contributed by atoms with E-state index in [1.807, 2.05) is 30.3 Å². The van der Waals surface area contributed by atoms with Crippen LogP contribution in [0.2, 0.25) is 5.02 Å². The number of benzene rings is 1. The second kappa shape index (κ2) is 5.80. The van der Waals surface area contributed by atoms with Gasteiger partial charge in [-0.2, -0.15) is 0 Å². The van der Waals surface area contributed by atoms with E-state index in [0.29, 0.717) is 5.02 Å². The molecule has 0 saturated heterocycles. The van der Waals surface area contributed by atoms with Crippen LogP contribution in [-0.4, -0.2) is 4.98 Å². The second-order valence-corrected chi connectivity index (χ2v) is 4.47. The Morgan fingerprint density at radius 3 is 2.53 bits per heavy atom. The summed E-state index contributed by atoms with van der Waals surface area (Å²) in [5.74, 6) is 0. The van der Waals surface area contributed by atoms with Gasteiger partial charge in [0.2, 0.25) is 0 Å². The van der Waals surface area contributed by atoms with Crippen molar-refractivity contribution < 1.29 is 0 Å². The fourth-order valence-electron chi connectivity index (χ4n) is 1.72. The zero-order valence-corrected chi connectivity index (χ0v) is 10.3. The fourth-order valence-corrected chi connectivity index (χ4v) is 1.83. The number of pyridine rings is 1. The third kappa shape index (κ3) is 3.55. The molecule has 1 aromatic carbocycles. The number of rotatable bonds is 4. The first-order valence-electron chi connectivity index (χ1n) is 5.66. The minimum atomic E-state index is -0.0347. The van der Waals surface area contributed by atoms with Crippen molar-refractivity contribution in [3.05, 3.63) is 64.9 Å². The predicted octanol–water partition coefficient (Wildman–Crippen LogP) is 3.37. The molecule has 0 saturated carbocycles. The van der Waals surface area contributed by atoms with E-state index in [1.54, 1.807) is 6.20 Å². The Kier molecular flexibility index (Phi) is 4.13. The van der Waals surface area contributed by atoms with Gasteiger partial charge in [0.1, 0.15) is 0 Å². The summed E-state index contributed by atoms with van der Waals surface area (Å²) in [5, 5.41) is 0.643. The summed E-state index contributed by atoms with van der Waals surface area (Å²) < 4.78 is 0. The molecule has 1 atom stereocenters. The van der Waals surface area contributed by atoms with Crippen LogP contribution in [-0.2, 0) is 6.42 Å². The van der Waals surface area contributed by atoms with Gasteiger partial charge in [-0.25, -0.2) is 0 Å². The van der Waals surface area contributed by atoms with Crippen LogP contribution < -0.4 is 5.73 Å². The highest BCUT2D eigenvalue weighted by Crippen LogP contribution is 2.16. The molecule has 17 heavy (non-hydrogen) atoms. The topological polar surface area (TPSA) is 38.9 Å². The molecular weight excluding hydrogens is 232 g/mol. The maximum absolute atomic E-state index is 6.09. The quantitative estimate of drug-likeness (QED) is 0.898. The van der Waals surface area contributed by atoms with Crippen LogP contribution >= 0.6 is 11.6 Å². The first-order valence-corrected chi connectivity index (χ1v) is 6.04. The van der Waals surface area contributed by atoms with Gasteiger partial charge < -0.3 is 5.73 Å². The molecule has 0 spiro atoms. The fraction of sp³-hybridized carbons (Fsp3) is 0.214. The Balaban J connectivity index is 1.93. The van der Waals surface area contributed by atoms with Gasteiger partial charge in [0.05, 0.1) is 10.7 Å². The Morgan fingerprint density at radius 1 is 1.12 bits per heavy atom. The summed E-state index contributed by atoms with van der Waals surface area (Å²) in [5.41, 5.74) is 8.28. The summed E-state index contributed by atoms with van der Waals surface area (Å²) in [6.07, 6.45) is 3.49. The highest BCUT2D eigenvalue weighted by Gasteiger charge is 2.07. The predicted molar refractivity (Wildman–Crippen MR) is 70.9 cm³/mol. The lowest BCUT2D eigenvalue weighted by molar-refractivity contribution is 0.633. The lowest BCUT2D eigenvalue weighted by Crippen LogP contribution is -2.12. The SMILES string of the molecule is NC(CCc1ccccc1)c1ccc(Cl)cn1. The first kappa shape index (κ1) is 12.1. The highest BCUT2D eigenvalue weighted by molar-refractivity contribution is 6.30. The highest BCUT2D eigenvalue weighted by atomic mass is 35.5. The molecule has 1 aromatic heterocycles. The molecule has 1 heterocycles. The second-order valence-electron chi connectivity index (χ2n) is 4.03. The van der Waals surface area contributed by atoms with Crippen LogP contribution in [0.1, 0.15) is 23.7 Å². The zero-order chi connectivity index (χ0) is 12.1. The lowest BCUT2D eigenvalue weighted by atomic mass is 10.0. The number of aryl methyl sites for hydroxylation is 1. The molecule has 0 fully saturated rings. The van der Waals surface area contributed by atoms with Crippen LogP contribution in [0.5, 0.6) is 0 Å². The monoisotopic (exact) mass is 246 g/mol. The normalized spacial score (nSPS) is 12.4. The van der Waals surface area contributed by atoms with Gasteiger partial charge in [0.15, 0.2) is 0 Å². The maximum Gasteiger partial charge on any atom is 0.0589 e. The van der Waals surface area contributed by atoms with E-state index >= 15 is 0 Å². The summed E-state index contributed by atoms with van der Waals surface area (Å²) >= 11 is 5.79. The van der Waals surface area contributed by atoms with Crippen molar-refractivity contribution in [2.24, 2.45) is 5.73 Å². The van der Waals surface area contributed by atoms with Crippen LogP contribution in [0.15, 0.2) is 48.7 Å². The molecule has 3 heteroatoms. The van der Waals surface area contributed by atoms with Crippen molar-refractivity contribution in [2.75, 3.05) is 0 Å². The molecule has 1 unspecified atom stereocenters. The number of halogens is 1. The molecule has 0 aliphatic heterocycles. The molecule has 2 rings (SSSR count). The lowest BCUT2D eigenvalue weighted by Gasteiger charge is -2.10. The zero-order valence-electron chi connectivity index (χ0n) is 9.51. The average molecular weight is 247 g/mol. The minimum Gasteiger partial charge on any atom is -0.323 e. The minimum absolute atomic E-state index is 0.0347. The third-order valence-corrected chi connectivity index (χ3v) is 2.94. The summed E-state index contributed by atoms with van der Waals surface area (Å²) in [7, 11) is 0. The van der Waals surface area contributed by atoms with E-state index in [2.05, 4.69) is 17.1 Å². The number of hydrogen-bond donors (Lipinski definition) is 1.